The van der Waals surface area contributed by atoms with E-state index in [9.17, 15) is 9.18 Å². The normalized spacial score (nSPS) is 14.8. The summed E-state index contributed by atoms with van der Waals surface area (Å²) >= 11 is 0. The highest BCUT2D eigenvalue weighted by molar-refractivity contribution is 6.06. The number of aryl methyl sites for hydroxylation is 1. The first-order chi connectivity index (χ1) is 12.6. The van der Waals surface area contributed by atoms with Crippen LogP contribution in [-0.4, -0.2) is 21.0 Å². The van der Waals surface area contributed by atoms with Crippen molar-refractivity contribution in [1.82, 2.24) is 20.4 Å². The number of rotatable bonds is 4. The molecule has 0 radical (unpaired) electrons. The average Bonchev–Trinajstić information content (AvgIpc) is 3.29. The predicted octanol–water partition coefficient (Wildman–Crippen LogP) is 3.65. The molecule has 7 heteroatoms. The van der Waals surface area contributed by atoms with Crippen LogP contribution in [0, 0.1) is 12.7 Å². The quantitative estimate of drug-likeness (QED) is 0.773. The molecule has 1 saturated carbocycles. The first-order valence-electron chi connectivity index (χ1n) is 8.78. The van der Waals surface area contributed by atoms with E-state index in [0.29, 0.717) is 39.8 Å². The third-order valence-electron chi connectivity index (χ3n) is 4.74. The number of hydrogen-bond donors (Lipinski definition) is 1. The molecule has 26 heavy (non-hydrogen) atoms. The molecule has 4 rings (SSSR count). The van der Waals surface area contributed by atoms with Crippen LogP contribution in [0.25, 0.3) is 10.9 Å². The highest BCUT2D eigenvalue weighted by Crippen LogP contribution is 2.32. The molecule has 0 bridgehead atoms. The number of carbonyl (C=O) groups excluding carboxylic acids is 1. The number of carbonyl (C=O) groups is 1. The van der Waals surface area contributed by atoms with Gasteiger partial charge in [-0.15, -0.1) is 0 Å². The average molecular weight is 354 g/mol. The molecule has 1 amide bonds. The van der Waals surface area contributed by atoms with Crippen molar-refractivity contribution >= 4 is 16.8 Å². The van der Waals surface area contributed by atoms with E-state index in [1.807, 2.05) is 0 Å². The van der Waals surface area contributed by atoms with E-state index >= 15 is 0 Å². The SMILES string of the molecule is Cc1cc(C(=O)NCc2noc(C3CCCC3)n2)c2ccc(F)cc2n1. The predicted molar refractivity (Wildman–Crippen MR) is 93.1 cm³/mol. The summed E-state index contributed by atoms with van der Waals surface area (Å²) in [5.74, 6) is 0.801. The van der Waals surface area contributed by atoms with Gasteiger partial charge in [-0.2, -0.15) is 4.98 Å². The van der Waals surface area contributed by atoms with E-state index < -0.39 is 0 Å². The number of pyridine rings is 1. The highest BCUT2D eigenvalue weighted by atomic mass is 19.1. The van der Waals surface area contributed by atoms with Gasteiger partial charge in [0, 0.05) is 23.1 Å². The molecule has 0 aliphatic heterocycles. The van der Waals surface area contributed by atoms with Crippen molar-refractivity contribution in [2.45, 2.75) is 45.1 Å². The minimum absolute atomic E-state index is 0.180. The van der Waals surface area contributed by atoms with Gasteiger partial charge in [-0.1, -0.05) is 18.0 Å². The molecule has 0 atom stereocenters. The summed E-state index contributed by atoms with van der Waals surface area (Å²) in [7, 11) is 0. The van der Waals surface area contributed by atoms with Crippen LogP contribution >= 0.6 is 0 Å². The molecule has 1 aliphatic carbocycles. The van der Waals surface area contributed by atoms with E-state index in [2.05, 4.69) is 20.4 Å². The minimum Gasteiger partial charge on any atom is -0.345 e. The zero-order valence-electron chi connectivity index (χ0n) is 14.5. The molecule has 3 aromatic rings. The molecule has 2 aromatic heterocycles. The third-order valence-corrected chi connectivity index (χ3v) is 4.74. The molecular formula is C19H19FN4O2. The van der Waals surface area contributed by atoms with Gasteiger partial charge in [0.2, 0.25) is 5.89 Å². The molecule has 1 aromatic carbocycles. The standard InChI is InChI=1S/C19H19FN4O2/c1-11-8-15(14-7-6-13(20)9-16(14)22-11)18(25)21-10-17-23-19(26-24-17)12-4-2-3-5-12/h6-9,12H,2-5,10H2,1H3,(H,21,25). The van der Waals surface area contributed by atoms with Crippen LogP contribution in [0.5, 0.6) is 0 Å². The van der Waals surface area contributed by atoms with Crippen LogP contribution in [-0.2, 0) is 6.54 Å². The lowest BCUT2D eigenvalue weighted by Gasteiger charge is -2.08. The zero-order chi connectivity index (χ0) is 18.1. The molecule has 0 saturated heterocycles. The minimum atomic E-state index is -0.381. The lowest BCUT2D eigenvalue weighted by atomic mass is 10.1. The van der Waals surface area contributed by atoms with Gasteiger partial charge in [-0.25, -0.2) is 4.39 Å². The third kappa shape index (κ3) is 3.29. The summed E-state index contributed by atoms with van der Waals surface area (Å²) in [6, 6.07) is 5.91. The summed E-state index contributed by atoms with van der Waals surface area (Å²) in [5, 5.41) is 7.37. The monoisotopic (exact) mass is 354 g/mol. The topological polar surface area (TPSA) is 80.9 Å². The molecule has 134 valence electrons. The smallest absolute Gasteiger partial charge is 0.252 e. The second-order valence-electron chi connectivity index (χ2n) is 6.69. The molecular weight excluding hydrogens is 335 g/mol. The molecule has 0 spiro atoms. The van der Waals surface area contributed by atoms with Crippen molar-refractivity contribution in [2.24, 2.45) is 0 Å². The van der Waals surface area contributed by atoms with Crippen molar-refractivity contribution in [2.75, 3.05) is 0 Å². The number of nitrogens with one attached hydrogen (secondary N) is 1. The van der Waals surface area contributed by atoms with Crippen LogP contribution in [0.15, 0.2) is 28.8 Å². The van der Waals surface area contributed by atoms with Gasteiger partial charge >= 0.3 is 0 Å². The molecule has 6 nitrogen and oxygen atoms in total. The van der Waals surface area contributed by atoms with Crippen molar-refractivity contribution in [1.29, 1.82) is 0 Å². The zero-order valence-corrected chi connectivity index (χ0v) is 14.5. The molecule has 1 N–H and O–H groups in total. The van der Waals surface area contributed by atoms with E-state index in [1.54, 1.807) is 19.1 Å². The van der Waals surface area contributed by atoms with Gasteiger partial charge in [0.15, 0.2) is 5.82 Å². The maximum Gasteiger partial charge on any atom is 0.252 e. The molecule has 0 unspecified atom stereocenters. The number of aromatic nitrogens is 3. The summed E-state index contributed by atoms with van der Waals surface area (Å²) in [6.45, 7) is 1.95. The van der Waals surface area contributed by atoms with Crippen molar-refractivity contribution in [3.8, 4) is 0 Å². The summed E-state index contributed by atoms with van der Waals surface area (Å²) < 4.78 is 18.8. The Bertz CT molecular complexity index is 958. The van der Waals surface area contributed by atoms with Crippen LogP contribution in [0.4, 0.5) is 4.39 Å². The maximum atomic E-state index is 13.4. The Morgan fingerprint density at radius 3 is 2.88 bits per heavy atom. The summed E-state index contributed by atoms with van der Waals surface area (Å²) in [6.07, 6.45) is 4.53. The van der Waals surface area contributed by atoms with Crippen molar-refractivity contribution < 1.29 is 13.7 Å². The second-order valence-corrected chi connectivity index (χ2v) is 6.69. The van der Waals surface area contributed by atoms with Gasteiger partial charge in [-0.05, 0) is 38.0 Å². The van der Waals surface area contributed by atoms with Crippen LogP contribution in [0.3, 0.4) is 0 Å². The van der Waals surface area contributed by atoms with Crippen molar-refractivity contribution in [3.05, 3.63) is 53.1 Å². The lowest BCUT2D eigenvalue weighted by Crippen LogP contribution is -2.24. The summed E-state index contributed by atoms with van der Waals surface area (Å²) in [5.41, 5.74) is 1.56. The van der Waals surface area contributed by atoms with E-state index in [-0.39, 0.29) is 18.3 Å². The Kier molecular flexibility index (Phi) is 4.36. The first-order valence-corrected chi connectivity index (χ1v) is 8.78. The van der Waals surface area contributed by atoms with Crippen LogP contribution in [0.1, 0.15) is 59.4 Å². The molecule has 2 heterocycles. The van der Waals surface area contributed by atoms with Crippen molar-refractivity contribution in [3.63, 3.8) is 0 Å². The number of halogens is 1. The number of hydrogen-bond acceptors (Lipinski definition) is 5. The number of nitrogens with zero attached hydrogens (tertiary/aromatic N) is 3. The second kappa shape index (κ2) is 6.82. The molecule has 1 aliphatic rings. The fraction of sp³-hybridized carbons (Fsp3) is 0.368. The fourth-order valence-electron chi connectivity index (χ4n) is 3.45. The van der Waals surface area contributed by atoms with Gasteiger partial charge in [0.05, 0.1) is 17.6 Å². The van der Waals surface area contributed by atoms with Gasteiger partial charge in [-0.3, -0.25) is 9.78 Å². The van der Waals surface area contributed by atoms with Crippen LogP contribution in [0.2, 0.25) is 0 Å². The molecule has 1 fully saturated rings. The number of amides is 1. The Balaban J connectivity index is 1.51. The van der Waals surface area contributed by atoms with Gasteiger partial charge in [0.1, 0.15) is 5.82 Å². The van der Waals surface area contributed by atoms with Gasteiger partial charge < -0.3 is 9.84 Å². The first kappa shape index (κ1) is 16.6. The highest BCUT2D eigenvalue weighted by Gasteiger charge is 2.23. The van der Waals surface area contributed by atoms with E-state index in [0.717, 1.165) is 12.8 Å². The summed E-state index contributed by atoms with van der Waals surface area (Å²) in [4.78, 5) is 21.3. The van der Waals surface area contributed by atoms with Crippen LogP contribution < -0.4 is 5.32 Å². The van der Waals surface area contributed by atoms with E-state index in [4.69, 9.17) is 4.52 Å². The fourth-order valence-corrected chi connectivity index (χ4v) is 3.45. The maximum absolute atomic E-state index is 13.4. The number of benzene rings is 1. The number of fused-ring (bicyclic) bond motifs is 1. The Hall–Kier alpha value is -2.83. The Morgan fingerprint density at radius 2 is 2.08 bits per heavy atom. The van der Waals surface area contributed by atoms with E-state index in [1.165, 1.54) is 25.0 Å². The lowest BCUT2D eigenvalue weighted by molar-refractivity contribution is 0.0951. The van der Waals surface area contributed by atoms with Gasteiger partial charge in [0.25, 0.3) is 5.91 Å². The Labute approximate surface area is 149 Å². The Morgan fingerprint density at radius 1 is 1.27 bits per heavy atom. The largest absolute Gasteiger partial charge is 0.345 e.